The van der Waals surface area contributed by atoms with E-state index >= 15 is 0 Å². The van der Waals surface area contributed by atoms with Crippen molar-refractivity contribution in [2.75, 3.05) is 11.5 Å². The third-order valence-corrected chi connectivity index (χ3v) is 4.72. The number of aryl methyl sites for hydroxylation is 1. The summed E-state index contributed by atoms with van der Waals surface area (Å²) in [5, 5.41) is 0. The molecule has 0 saturated heterocycles. The Bertz CT molecular complexity index is 722. The van der Waals surface area contributed by atoms with E-state index in [-0.39, 0.29) is 18.6 Å². The van der Waals surface area contributed by atoms with Gasteiger partial charge in [-0.2, -0.15) is 0 Å². The zero-order chi connectivity index (χ0) is 15.7. The van der Waals surface area contributed by atoms with Crippen molar-refractivity contribution in [3.05, 3.63) is 51.7 Å². The highest BCUT2D eigenvalue weighted by Gasteiger charge is 2.31. The minimum atomic E-state index is -0.438. The lowest BCUT2D eigenvalue weighted by molar-refractivity contribution is -0.122. The predicted molar refractivity (Wildman–Crippen MR) is 86.4 cm³/mol. The first-order valence-corrected chi connectivity index (χ1v) is 8.01. The maximum atomic E-state index is 12.4. The SMILES string of the molecule is Cc1ccc(C(=O)OCC(=O)N2c3ccccc3C[C@H]2C)s1. The van der Waals surface area contributed by atoms with E-state index in [2.05, 4.69) is 0 Å². The highest BCUT2D eigenvalue weighted by molar-refractivity contribution is 7.13. The third kappa shape index (κ3) is 2.76. The van der Waals surface area contributed by atoms with Crippen molar-refractivity contribution in [3.63, 3.8) is 0 Å². The Kier molecular flexibility index (Phi) is 3.98. The van der Waals surface area contributed by atoms with E-state index in [9.17, 15) is 9.59 Å². The van der Waals surface area contributed by atoms with Gasteiger partial charge in [-0.25, -0.2) is 4.79 Å². The van der Waals surface area contributed by atoms with Gasteiger partial charge in [-0.3, -0.25) is 4.79 Å². The zero-order valence-corrected chi connectivity index (χ0v) is 13.4. The summed E-state index contributed by atoms with van der Waals surface area (Å²) < 4.78 is 5.16. The van der Waals surface area contributed by atoms with Crippen LogP contribution >= 0.6 is 11.3 Å². The molecule has 1 aliphatic rings. The second-order valence-electron chi connectivity index (χ2n) is 5.43. The summed E-state index contributed by atoms with van der Waals surface area (Å²) in [5.41, 5.74) is 2.08. The van der Waals surface area contributed by atoms with Crippen molar-refractivity contribution in [2.24, 2.45) is 0 Å². The van der Waals surface area contributed by atoms with Crippen LogP contribution in [0.2, 0.25) is 0 Å². The summed E-state index contributed by atoms with van der Waals surface area (Å²) in [4.78, 5) is 27.6. The van der Waals surface area contributed by atoms with Gasteiger partial charge in [0.05, 0.1) is 0 Å². The molecule has 0 saturated carbocycles. The third-order valence-electron chi connectivity index (χ3n) is 3.74. The summed E-state index contributed by atoms with van der Waals surface area (Å²) in [6.45, 7) is 3.70. The normalized spacial score (nSPS) is 16.5. The molecule has 1 atom stereocenters. The van der Waals surface area contributed by atoms with E-state index in [0.29, 0.717) is 4.88 Å². The fraction of sp³-hybridized carbons (Fsp3) is 0.294. The molecule has 2 aromatic rings. The maximum Gasteiger partial charge on any atom is 0.348 e. The molecule has 5 heteroatoms. The number of thiophene rings is 1. The standard InChI is InChI=1S/C17H17NO3S/c1-11-9-13-5-3-4-6-14(13)18(11)16(19)10-21-17(20)15-8-7-12(2)22-15/h3-8,11H,9-10H2,1-2H3/t11-/m1/s1. The quantitative estimate of drug-likeness (QED) is 0.817. The topological polar surface area (TPSA) is 46.6 Å². The molecule has 1 aromatic heterocycles. The second-order valence-corrected chi connectivity index (χ2v) is 6.72. The number of carbonyl (C=O) groups is 2. The predicted octanol–water partition coefficient (Wildman–Crippen LogP) is 3.19. The molecule has 0 aliphatic carbocycles. The molecule has 2 heterocycles. The minimum absolute atomic E-state index is 0.0904. The van der Waals surface area contributed by atoms with E-state index in [0.717, 1.165) is 22.5 Å². The molecule has 1 amide bonds. The highest BCUT2D eigenvalue weighted by Crippen LogP contribution is 2.31. The monoisotopic (exact) mass is 315 g/mol. The highest BCUT2D eigenvalue weighted by atomic mass is 32.1. The van der Waals surface area contributed by atoms with Crippen LogP contribution in [0.5, 0.6) is 0 Å². The van der Waals surface area contributed by atoms with Crippen LogP contribution in [0, 0.1) is 6.92 Å². The molecule has 4 nitrogen and oxygen atoms in total. The Labute approximate surface area is 133 Å². The van der Waals surface area contributed by atoms with E-state index in [4.69, 9.17) is 4.74 Å². The lowest BCUT2D eigenvalue weighted by atomic mass is 10.1. The van der Waals surface area contributed by atoms with Crippen LogP contribution in [0.15, 0.2) is 36.4 Å². The number of anilines is 1. The van der Waals surface area contributed by atoms with Crippen molar-refractivity contribution in [2.45, 2.75) is 26.3 Å². The Morgan fingerprint density at radius 3 is 2.77 bits per heavy atom. The summed E-state index contributed by atoms with van der Waals surface area (Å²) in [7, 11) is 0. The number of para-hydroxylation sites is 1. The van der Waals surface area contributed by atoms with Crippen molar-refractivity contribution in [1.29, 1.82) is 0 Å². The number of hydrogen-bond acceptors (Lipinski definition) is 4. The number of esters is 1. The maximum absolute atomic E-state index is 12.4. The van der Waals surface area contributed by atoms with E-state index < -0.39 is 5.97 Å². The van der Waals surface area contributed by atoms with Gasteiger partial charge in [0.2, 0.25) is 0 Å². The molecule has 1 aliphatic heterocycles. The average Bonchev–Trinajstić information content (AvgIpc) is 3.07. The first kappa shape index (κ1) is 14.8. The van der Waals surface area contributed by atoms with Crippen molar-refractivity contribution in [1.82, 2.24) is 0 Å². The molecule has 0 fully saturated rings. The number of carbonyl (C=O) groups excluding carboxylic acids is 2. The van der Waals surface area contributed by atoms with Crippen LogP contribution in [-0.4, -0.2) is 24.5 Å². The molecule has 0 radical (unpaired) electrons. The molecule has 22 heavy (non-hydrogen) atoms. The van der Waals surface area contributed by atoms with Crippen LogP contribution in [-0.2, 0) is 16.0 Å². The van der Waals surface area contributed by atoms with Crippen LogP contribution in [0.25, 0.3) is 0 Å². The van der Waals surface area contributed by atoms with Gasteiger partial charge < -0.3 is 9.64 Å². The molecular formula is C17H17NO3S. The largest absolute Gasteiger partial charge is 0.451 e. The van der Waals surface area contributed by atoms with Gasteiger partial charge in [0.1, 0.15) is 4.88 Å². The number of nitrogens with zero attached hydrogens (tertiary/aromatic N) is 1. The van der Waals surface area contributed by atoms with E-state index in [1.165, 1.54) is 11.3 Å². The number of hydrogen-bond donors (Lipinski definition) is 0. The first-order chi connectivity index (χ1) is 10.6. The van der Waals surface area contributed by atoms with Gasteiger partial charge in [-0.1, -0.05) is 18.2 Å². The van der Waals surface area contributed by atoms with Gasteiger partial charge >= 0.3 is 5.97 Å². The zero-order valence-electron chi connectivity index (χ0n) is 12.5. The van der Waals surface area contributed by atoms with Crippen molar-refractivity contribution >= 4 is 28.9 Å². The number of fused-ring (bicyclic) bond motifs is 1. The number of rotatable bonds is 3. The van der Waals surface area contributed by atoms with Crippen LogP contribution < -0.4 is 4.90 Å². The molecule has 0 spiro atoms. The van der Waals surface area contributed by atoms with Gasteiger partial charge in [-0.15, -0.1) is 11.3 Å². The van der Waals surface area contributed by atoms with E-state index in [1.807, 2.05) is 44.2 Å². The molecule has 3 rings (SSSR count). The van der Waals surface area contributed by atoms with Crippen LogP contribution in [0.4, 0.5) is 5.69 Å². The van der Waals surface area contributed by atoms with Crippen molar-refractivity contribution < 1.29 is 14.3 Å². The molecule has 0 unspecified atom stereocenters. The lowest BCUT2D eigenvalue weighted by Gasteiger charge is -2.22. The summed E-state index contributed by atoms with van der Waals surface area (Å²) in [6, 6.07) is 11.5. The minimum Gasteiger partial charge on any atom is -0.451 e. The molecule has 1 aromatic carbocycles. The number of ether oxygens (including phenoxy) is 1. The fourth-order valence-electron chi connectivity index (χ4n) is 2.76. The van der Waals surface area contributed by atoms with E-state index in [1.54, 1.807) is 11.0 Å². The van der Waals surface area contributed by atoms with Gasteiger partial charge in [0.25, 0.3) is 5.91 Å². The number of benzene rings is 1. The lowest BCUT2D eigenvalue weighted by Crippen LogP contribution is -2.38. The molecular weight excluding hydrogens is 298 g/mol. The average molecular weight is 315 g/mol. The summed E-state index contributed by atoms with van der Waals surface area (Å²) >= 11 is 1.37. The van der Waals surface area contributed by atoms with Gasteiger partial charge in [0, 0.05) is 16.6 Å². The van der Waals surface area contributed by atoms with Gasteiger partial charge in [-0.05, 0) is 44.0 Å². The fourth-order valence-corrected chi connectivity index (χ4v) is 3.52. The Hall–Kier alpha value is -2.14. The van der Waals surface area contributed by atoms with Crippen LogP contribution in [0.1, 0.15) is 27.0 Å². The second kappa shape index (κ2) is 5.93. The Balaban J connectivity index is 1.66. The molecule has 0 N–H and O–H groups in total. The van der Waals surface area contributed by atoms with Gasteiger partial charge in [0.15, 0.2) is 6.61 Å². The van der Waals surface area contributed by atoms with Crippen molar-refractivity contribution in [3.8, 4) is 0 Å². The molecule has 114 valence electrons. The number of amides is 1. The van der Waals surface area contributed by atoms with Crippen LogP contribution in [0.3, 0.4) is 0 Å². The Morgan fingerprint density at radius 1 is 1.27 bits per heavy atom. The Morgan fingerprint density at radius 2 is 2.05 bits per heavy atom. The molecule has 0 bridgehead atoms. The first-order valence-electron chi connectivity index (χ1n) is 7.20. The summed E-state index contributed by atoms with van der Waals surface area (Å²) in [6.07, 6.45) is 0.833. The smallest absolute Gasteiger partial charge is 0.348 e. The summed E-state index contributed by atoms with van der Waals surface area (Å²) in [5.74, 6) is -0.620.